The number of aliphatic hydroxyl groups is 3. The Morgan fingerprint density at radius 1 is 1.03 bits per heavy atom. The Hall–Kier alpha value is -2.30. The van der Waals surface area contributed by atoms with Gasteiger partial charge in [0.15, 0.2) is 24.1 Å². The highest BCUT2D eigenvalue weighted by molar-refractivity contribution is 5.97. The molecule has 3 fully saturated rings. The van der Waals surface area contributed by atoms with Crippen LogP contribution in [0.5, 0.6) is 0 Å². The van der Waals surface area contributed by atoms with E-state index in [2.05, 4.69) is 0 Å². The van der Waals surface area contributed by atoms with E-state index in [4.69, 9.17) is 14.2 Å². The summed E-state index contributed by atoms with van der Waals surface area (Å²) in [7, 11) is 0. The van der Waals surface area contributed by atoms with Crippen molar-refractivity contribution in [2.75, 3.05) is 0 Å². The summed E-state index contributed by atoms with van der Waals surface area (Å²) >= 11 is 0. The molecule has 1 saturated heterocycles. The lowest BCUT2D eigenvalue weighted by Gasteiger charge is -2.70. The number of allylic oxidation sites excluding steroid dienone is 1. The van der Waals surface area contributed by atoms with Crippen molar-refractivity contribution in [2.45, 2.75) is 84.1 Å². The first-order chi connectivity index (χ1) is 15.6. The summed E-state index contributed by atoms with van der Waals surface area (Å²) in [6, 6.07) is 0. The molecule has 11 unspecified atom stereocenters. The van der Waals surface area contributed by atoms with Gasteiger partial charge in [0.05, 0.1) is 6.10 Å². The lowest BCUT2D eigenvalue weighted by atomic mass is 9.37. The van der Waals surface area contributed by atoms with Crippen LogP contribution < -0.4 is 0 Å². The molecule has 3 aliphatic carbocycles. The van der Waals surface area contributed by atoms with Crippen molar-refractivity contribution >= 4 is 23.7 Å². The maximum atomic E-state index is 13.1. The van der Waals surface area contributed by atoms with E-state index in [9.17, 15) is 34.5 Å². The lowest BCUT2D eigenvalue weighted by Crippen LogP contribution is -2.80. The quantitative estimate of drug-likeness (QED) is 0.365. The van der Waals surface area contributed by atoms with Crippen molar-refractivity contribution in [1.82, 2.24) is 0 Å². The van der Waals surface area contributed by atoms with Gasteiger partial charge in [0, 0.05) is 36.5 Å². The molecule has 4 rings (SSSR count). The first-order valence-electron chi connectivity index (χ1n) is 11.4. The highest BCUT2D eigenvalue weighted by Gasteiger charge is 2.78. The van der Waals surface area contributed by atoms with E-state index in [1.54, 1.807) is 20.8 Å². The number of ether oxygens (including phenoxy) is 3. The summed E-state index contributed by atoms with van der Waals surface area (Å²) in [5, 5.41) is 34.2. The molecule has 0 spiro atoms. The smallest absolute Gasteiger partial charge is 0.335 e. The number of carbonyl (C=O) groups excluding carboxylic acids is 4. The van der Waals surface area contributed by atoms with Crippen LogP contribution in [-0.2, 0) is 33.4 Å². The highest BCUT2D eigenvalue weighted by Crippen LogP contribution is 2.69. The van der Waals surface area contributed by atoms with Crippen LogP contribution in [0.25, 0.3) is 0 Å². The van der Waals surface area contributed by atoms with Crippen LogP contribution in [0.15, 0.2) is 11.6 Å². The highest BCUT2D eigenvalue weighted by atomic mass is 16.6. The molecule has 34 heavy (non-hydrogen) atoms. The lowest BCUT2D eigenvalue weighted by molar-refractivity contribution is -0.337. The number of hydrogen-bond donors (Lipinski definition) is 3. The average Bonchev–Trinajstić information content (AvgIpc) is 2.68. The fourth-order valence-electron chi connectivity index (χ4n) is 7.89. The number of rotatable bonds is 2. The monoisotopic (exact) mass is 480 g/mol. The van der Waals surface area contributed by atoms with E-state index in [1.165, 1.54) is 19.9 Å². The normalized spacial score (nSPS) is 49.7. The van der Waals surface area contributed by atoms with Gasteiger partial charge in [-0.15, -0.1) is 0 Å². The maximum absolute atomic E-state index is 13.1. The summed E-state index contributed by atoms with van der Waals surface area (Å²) < 4.78 is 16.5. The second-order valence-electron chi connectivity index (χ2n) is 10.9. The third kappa shape index (κ3) is 3.04. The second kappa shape index (κ2) is 7.60. The van der Waals surface area contributed by atoms with Crippen molar-refractivity contribution in [3.63, 3.8) is 0 Å². The van der Waals surface area contributed by atoms with Crippen LogP contribution in [0.2, 0.25) is 0 Å². The van der Waals surface area contributed by atoms with Gasteiger partial charge >= 0.3 is 17.9 Å². The maximum Gasteiger partial charge on any atom is 0.335 e. The molecule has 0 bridgehead atoms. The molecule has 10 heteroatoms. The summed E-state index contributed by atoms with van der Waals surface area (Å²) in [6.07, 6.45) is -5.30. The van der Waals surface area contributed by atoms with Gasteiger partial charge in [-0.05, 0) is 32.3 Å². The van der Waals surface area contributed by atoms with Gasteiger partial charge in [-0.3, -0.25) is 14.4 Å². The van der Waals surface area contributed by atoms with E-state index >= 15 is 0 Å². The molecule has 1 aliphatic heterocycles. The standard InChI is InChI=1S/C24H32O10/c1-9-7-13(27)19(32-10(2)25)22(4)12(9)8-14-23(5)17(22)15(28)20(33-11(3)26)24(6,31)18(23)16(29)21(30)34-14/h7,12,14-20,28-29,31H,8H2,1-6H3. The predicted octanol–water partition coefficient (Wildman–Crippen LogP) is 0.0555. The van der Waals surface area contributed by atoms with Crippen molar-refractivity contribution in [1.29, 1.82) is 0 Å². The van der Waals surface area contributed by atoms with Gasteiger partial charge in [-0.1, -0.05) is 19.4 Å². The van der Waals surface area contributed by atoms with Gasteiger partial charge in [0.25, 0.3) is 0 Å². The van der Waals surface area contributed by atoms with Crippen LogP contribution in [0.4, 0.5) is 0 Å². The van der Waals surface area contributed by atoms with Crippen LogP contribution in [0.3, 0.4) is 0 Å². The molecule has 3 N–H and O–H groups in total. The predicted molar refractivity (Wildman–Crippen MR) is 114 cm³/mol. The molecule has 0 radical (unpaired) electrons. The molecular formula is C24H32O10. The van der Waals surface area contributed by atoms with Crippen LogP contribution >= 0.6 is 0 Å². The number of ketones is 1. The SMILES string of the molecule is CC(=O)OC1C(O)C2C3(C)C(CC4OC(=O)C(O)C(C1(C)O)C42C)C(C)=CC(=O)C3OC(C)=O. The van der Waals surface area contributed by atoms with E-state index in [0.29, 0.717) is 5.57 Å². The summed E-state index contributed by atoms with van der Waals surface area (Å²) in [5.41, 5.74) is -3.82. The molecule has 188 valence electrons. The van der Waals surface area contributed by atoms with E-state index in [-0.39, 0.29) is 6.42 Å². The number of aliphatic hydroxyl groups excluding tert-OH is 2. The van der Waals surface area contributed by atoms with E-state index in [1.807, 2.05) is 0 Å². The van der Waals surface area contributed by atoms with Gasteiger partial charge in [0.2, 0.25) is 0 Å². The van der Waals surface area contributed by atoms with E-state index in [0.717, 1.165) is 6.92 Å². The topological polar surface area (TPSA) is 157 Å². The number of carbonyl (C=O) groups is 4. The zero-order chi connectivity index (χ0) is 25.5. The Balaban J connectivity index is 2.00. The third-order valence-corrected chi connectivity index (χ3v) is 8.90. The molecule has 2 saturated carbocycles. The Labute approximate surface area is 197 Å². The van der Waals surface area contributed by atoms with Crippen molar-refractivity contribution in [3.05, 3.63) is 11.6 Å². The number of esters is 3. The summed E-state index contributed by atoms with van der Waals surface area (Å²) in [4.78, 5) is 49.8. The molecule has 0 amide bonds. The summed E-state index contributed by atoms with van der Waals surface area (Å²) in [5.74, 6) is -5.46. The Morgan fingerprint density at radius 3 is 2.18 bits per heavy atom. The van der Waals surface area contributed by atoms with Gasteiger partial charge in [-0.2, -0.15) is 0 Å². The molecule has 0 aromatic rings. The number of hydrogen-bond acceptors (Lipinski definition) is 10. The zero-order valence-corrected chi connectivity index (χ0v) is 20.1. The fourth-order valence-corrected chi connectivity index (χ4v) is 7.89. The first kappa shape index (κ1) is 24.8. The van der Waals surface area contributed by atoms with Crippen molar-refractivity contribution in [2.24, 2.45) is 28.6 Å². The molecular weight excluding hydrogens is 448 g/mol. The largest absolute Gasteiger partial charge is 0.460 e. The van der Waals surface area contributed by atoms with Crippen LogP contribution in [-0.4, -0.2) is 75.1 Å². The minimum Gasteiger partial charge on any atom is -0.460 e. The molecule has 4 aliphatic rings. The molecule has 11 atom stereocenters. The third-order valence-electron chi connectivity index (χ3n) is 8.90. The van der Waals surface area contributed by atoms with Crippen LogP contribution in [0.1, 0.15) is 48.0 Å². The van der Waals surface area contributed by atoms with Crippen LogP contribution in [0, 0.1) is 28.6 Å². The fraction of sp³-hybridized carbons (Fsp3) is 0.750. The van der Waals surface area contributed by atoms with Crippen molar-refractivity contribution in [3.8, 4) is 0 Å². The van der Waals surface area contributed by atoms with Gasteiger partial charge in [0.1, 0.15) is 11.7 Å². The molecule has 0 aromatic heterocycles. The minimum absolute atomic E-state index is 0.229. The average molecular weight is 481 g/mol. The first-order valence-corrected chi connectivity index (χ1v) is 11.4. The van der Waals surface area contributed by atoms with Gasteiger partial charge < -0.3 is 29.5 Å². The Morgan fingerprint density at radius 2 is 1.62 bits per heavy atom. The number of fused-ring (bicyclic) bond motifs is 2. The molecule has 0 aromatic carbocycles. The Bertz CT molecular complexity index is 984. The zero-order valence-electron chi connectivity index (χ0n) is 20.1. The van der Waals surface area contributed by atoms with Gasteiger partial charge in [-0.25, -0.2) is 4.79 Å². The Kier molecular flexibility index (Phi) is 5.54. The van der Waals surface area contributed by atoms with E-state index < -0.39 is 88.4 Å². The second-order valence-corrected chi connectivity index (χ2v) is 10.9. The minimum atomic E-state index is -2.02. The molecule has 1 heterocycles. The molecule has 10 nitrogen and oxygen atoms in total. The summed E-state index contributed by atoms with van der Waals surface area (Å²) in [6.45, 7) is 8.77. The van der Waals surface area contributed by atoms with Crippen molar-refractivity contribution < 1.29 is 48.7 Å².